The maximum atomic E-state index is 7.24. The molecular formula is C6H5Cl2N. The Labute approximate surface area is 64.8 Å². The van der Waals surface area contributed by atoms with E-state index in [1.54, 1.807) is 12.1 Å². The van der Waals surface area contributed by atoms with Crippen LogP contribution in [0.15, 0.2) is 18.2 Å². The van der Waals surface area contributed by atoms with Crippen molar-refractivity contribution in [2.45, 2.75) is 0 Å². The van der Waals surface area contributed by atoms with Gasteiger partial charge >= 0.3 is 0 Å². The summed E-state index contributed by atoms with van der Waals surface area (Å²) in [6.07, 6.45) is 0. The van der Waals surface area contributed by atoms with Crippen LogP contribution in [0.3, 0.4) is 0 Å². The second-order valence-electron chi connectivity index (χ2n) is 1.58. The highest BCUT2D eigenvalue weighted by Crippen LogP contribution is 2.23. The van der Waals surface area contributed by atoms with E-state index in [1.807, 2.05) is 0 Å². The summed E-state index contributed by atoms with van der Waals surface area (Å²) >= 11 is 11.2. The first kappa shape index (κ1) is 5.39. The topological polar surface area (TPSA) is 26.0 Å². The van der Waals surface area contributed by atoms with Gasteiger partial charge in [-0.1, -0.05) is 23.2 Å². The molecule has 9 heavy (non-hydrogen) atoms. The Hall–Kier alpha value is -0.400. The van der Waals surface area contributed by atoms with Crippen molar-refractivity contribution >= 4 is 28.9 Å². The smallest absolute Gasteiger partial charge is 0.0661 e. The molecule has 3 heteroatoms. The van der Waals surface area contributed by atoms with E-state index in [4.69, 9.17) is 30.3 Å². The summed E-state index contributed by atoms with van der Waals surface area (Å²) in [5.74, 6) is 0. The molecule has 0 fully saturated rings. The minimum atomic E-state index is 0.0918. The summed E-state index contributed by atoms with van der Waals surface area (Å²) in [6.45, 7) is 0. The Morgan fingerprint density at radius 3 is 2.56 bits per heavy atom. The number of hydrogen-bond acceptors (Lipinski definition) is 1. The number of nitrogen functional groups attached to an aromatic ring is 1. The number of benzene rings is 1. The Kier molecular flexibility index (Phi) is 1.47. The molecule has 1 rings (SSSR count). The molecule has 0 spiro atoms. The first-order valence-corrected chi connectivity index (χ1v) is 3.08. The average molecular weight is 163 g/mol. The van der Waals surface area contributed by atoms with Gasteiger partial charge in [-0.05, 0) is 18.2 Å². The average Bonchev–Trinajstić information content (AvgIpc) is 1.93. The van der Waals surface area contributed by atoms with Crippen molar-refractivity contribution in [3.05, 3.63) is 28.2 Å². The van der Waals surface area contributed by atoms with Gasteiger partial charge in [-0.15, -0.1) is 0 Å². The third kappa shape index (κ3) is 1.50. The van der Waals surface area contributed by atoms with Crippen LogP contribution in [-0.4, -0.2) is 0 Å². The van der Waals surface area contributed by atoms with Gasteiger partial charge < -0.3 is 5.73 Å². The molecule has 2 N–H and O–H groups in total. The third-order valence-corrected chi connectivity index (χ3v) is 1.58. The van der Waals surface area contributed by atoms with Crippen molar-refractivity contribution in [1.82, 2.24) is 0 Å². The molecule has 0 saturated carbocycles. The van der Waals surface area contributed by atoms with E-state index in [0.717, 1.165) is 0 Å². The SMILES string of the molecule is [2H]c1c(N)ccc(Cl)c1Cl. The number of rotatable bonds is 0. The van der Waals surface area contributed by atoms with Crippen molar-refractivity contribution in [2.24, 2.45) is 0 Å². The summed E-state index contributed by atoms with van der Waals surface area (Å²) in [5, 5.41) is 0.572. The van der Waals surface area contributed by atoms with Crippen LogP contribution in [0, 0.1) is 0 Å². The number of hydrogen-bond donors (Lipinski definition) is 1. The quantitative estimate of drug-likeness (QED) is 0.584. The highest BCUT2D eigenvalue weighted by Gasteiger charge is 1.94. The molecule has 0 saturated heterocycles. The largest absolute Gasteiger partial charge is 0.399 e. The van der Waals surface area contributed by atoms with Crippen molar-refractivity contribution < 1.29 is 1.37 Å². The van der Waals surface area contributed by atoms with E-state index in [0.29, 0.717) is 10.7 Å². The fraction of sp³-hybridized carbons (Fsp3) is 0. The molecule has 0 aliphatic rings. The van der Waals surface area contributed by atoms with Crippen molar-refractivity contribution in [3.63, 3.8) is 0 Å². The van der Waals surface area contributed by atoms with Crippen LogP contribution in [0.1, 0.15) is 1.37 Å². The summed E-state index contributed by atoms with van der Waals surface area (Å²) in [4.78, 5) is 0. The van der Waals surface area contributed by atoms with Gasteiger partial charge in [0.05, 0.1) is 11.4 Å². The predicted molar refractivity (Wildman–Crippen MR) is 40.9 cm³/mol. The zero-order valence-corrected chi connectivity index (χ0v) is 6.00. The summed E-state index contributed by atoms with van der Waals surface area (Å²) in [6, 6.07) is 3.21. The lowest BCUT2D eigenvalue weighted by atomic mass is 10.3. The van der Waals surface area contributed by atoms with E-state index < -0.39 is 0 Å². The van der Waals surface area contributed by atoms with Gasteiger partial charge in [0.25, 0.3) is 0 Å². The second kappa shape index (κ2) is 2.46. The molecule has 0 amide bonds. The fourth-order valence-electron chi connectivity index (χ4n) is 0.464. The molecule has 0 bridgehead atoms. The molecule has 0 unspecified atom stereocenters. The molecule has 0 aliphatic heterocycles. The summed E-state index contributed by atoms with van der Waals surface area (Å²) in [7, 11) is 0. The van der Waals surface area contributed by atoms with Gasteiger partial charge in [0.2, 0.25) is 0 Å². The van der Waals surface area contributed by atoms with Gasteiger partial charge in [0.1, 0.15) is 0 Å². The van der Waals surface area contributed by atoms with Crippen molar-refractivity contribution in [3.8, 4) is 0 Å². The monoisotopic (exact) mass is 162 g/mol. The number of anilines is 1. The highest BCUT2D eigenvalue weighted by molar-refractivity contribution is 6.42. The fourth-order valence-corrected chi connectivity index (χ4v) is 0.747. The van der Waals surface area contributed by atoms with E-state index >= 15 is 0 Å². The van der Waals surface area contributed by atoms with Crippen molar-refractivity contribution in [2.75, 3.05) is 5.73 Å². The molecule has 1 aromatic rings. The van der Waals surface area contributed by atoms with Crippen LogP contribution in [0.2, 0.25) is 10.0 Å². The molecule has 0 atom stereocenters. The van der Waals surface area contributed by atoms with E-state index in [9.17, 15) is 0 Å². The Morgan fingerprint density at radius 2 is 2.00 bits per heavy atom. The highest BCUT2D eigenvalue weighted by atomic mass is 35.5. The second-order valence-corrected chi connectivity index (χ2v) is 2.36. The molecule has 48 valence electrons. The van der Waals surface area contributed by atoms with E-state index in [-0.39, 0.29) is 11.1 Å². The molecule has 1 aromatic carbocycles. The first-order valence-electron chi connectivity index (χ1n) is 2.83. The van der Waals surface area contributed by atoms with Gasteiger partial charge in [0.15, 0.2) is 0 Å². The van der Waals surface area contributed by atoms with E-state index in [1.165, 1.54) is 0 Å². The molecule has 0 radical (unpaired) electrons. The predicted octanol–water partition coefficient (Wildman–Crippen LogP) is 2.58. The van der Waals surface area contributed by atoms with Crippen LogP contribution in [0.5, 0.6) is 0 Å². The lowest BCUT2D eigenvalue weighted by molar-refractivity contribution is 1.68. The number of halogens is 2. The Morgan fingerprint density at radius 1 is 1.33 bits per heavy atom. The maximum Gasteiger partial charge on any atom is 0.0661 e. The molecule has 0 aromatic heterocycles. The minimum Gasteiger partial charge on any atom is -0.399 e. The van der Waals surface area contributed by atoms with Crippen molar-refractivity contribution in [1.29, 1.82) is 0 Å². The van der Waals surface area contributed by atoms with Gasteiger partial charge in [-0.2, -0.15) is 0 Å². The van der Waals surface area contributed by atoms with Gasteiger partial charge in [0, 0.05) is 5.69 Å². The normalized spacial score (nSPS) is 11.1. The Balaban J connectivity index is 3.34. The zero-order valence-electron chi connectivity index (χ0n) is 5.49. The zero-order chi connectivity index (χ0) is 7.72. The lowest BCUT2D eigenvalue weighted by Gasteiger charge is -1.94. The van der Waals surface area contributed by atoms with Gasteiger partial charge in [-0.3, -0.25) is 0 Å². The van der Waals surface area contributed by atoms with Crippen LogP contribution in [0.4, 0.5) is 5.69 Å². The lowest BCUT2D eigenvalue weighted by Crippen LogP contribution is -1.82. The molecule has 0 heterocycles. The number of nitrogens with two attached hydrogens (primary N) is 1. The summed E-state index contributed by atoms with van der Waals surface area (Å²) in [5.41, 5.74) is 5.70. The molecular weight excluding hydrogens is 157 g/mol. The third-order valence-electron chi connectivity index (χ3n) is 0.873. The van der Waals surface area contributed by atoms with Crippen LogP contribution in [0.25, 0.3) is 0 Å². The standard InChI is InChI=1S/C6H5Cl2N/c7-5-2-1-4(9)3-6(5)8/h1-3H,9H2/i3D. The Bertz CT molecular complexity index is 235. The maximum absolute atomic E-state index is 7.24. The minimum absolute atomic E-state index is 0.0918. The van der Waals surface area contributed by atoms with E-state index in [2.05, 4.69) is 0 Å². The van der Waals surface area contributed by atoms with Crippen LogP contribution < -0.4 is 5.73 Å². The molecule has 0 aliphatic carbocycles. The molecule has 1 nitrogen and oxygen atoms in total. The van der Waals surface area contributed by atoms with Gasteiger partial charge in [-0.25, -0.2) is 0 Å². The first-order chi connectivity index (χ1) is 4.63. The summed E-state index contributed by atoms with van der Waals surface area (Å²) < 4.78 is 7.24. The van der Waals surface area contributed by atoms with Crippen LogP contribution in [-0.2, 0) is 0 Å². The van der Waals surface area contributed by atoms with Crippen LogP contribution >= 0.6 is 23.2 Å².